The first kappa shape index (κ1) is 16.1. The van der Waals surface area contributed by atoms with Gasteiger partial charge in [0.2, 0.25) is 0 Å². The molecule has 1 aliphatic heterocycles. The predicted octanol–water partition coefficient (Wildman–Crippen LogP) is 2.88. The fourth-order valence-electron chi connectivity index (χ4n) is 3.37. The minimum atomic E-state index is -0.0152. The van der Waals surface area contributed by atoms with Crippen molar-refractivity contribution in [1.82, 2.24) is 19.9 Å². The number of hydrogen-bond acceptors (Lipinski definition) is 5. The molecule has 6 heteroatoms. The van der Waals surface area contributed by atoms with Gasteiger partial charge in [0.25, 0.3) is 0 Å². The minimum absolute atomic E-state index is 0.0152. The Balaban J connectivity index is 1.49. The Bertz CT molecular complexity index is 875. The monoisotopic (exact) mass is 337 g/mol. The summed E-state index contributed by atoms with van der Waals surface area (Å²) in [6.45, 7) is 5.32. The molecular weight excluding hydrogens is 314 g/mol. The molecule has 1 fully saturated rings. The number of ether oxygens (including phenoxy) is 1. The maximum Gasteiger partial charge on any atom is 0.129 e. The lowest BCUT2D eigenvalue weighted by atomic mass is 10.1. The Morgan fingerprint density at radius 3 is 3.08 bits per heavy atom. The lowest BCUT2D eigenvalue weighted by molar-refractivity contribution is -0.0350. The minimum Gasteiger partial charge on any atom is -0.373 e. The van der Waals surface area contributed by atoms with Gasteiger partial charge < -0.3 is 15.0 Å². The van der Waals surface area contributed by atoms with Gasteiger partial charge in [-0.2, -0.15) is 0 Å². The second-order valence-electron chi connectivity index (χ2n) is 6.47. The summed E-state index contributed by atoms with van der Waals surface area (Å²) in [5.41, 5.74) is 3.45. The fourth-order valence-corrected chi connectivity index (χ4v) is 3.37. The first-order chi connectivity index (χ1) is 12.2. The number of rotatable bonds is 4. The maximum atomic E-state index is 5.98. The average Bonchev–Trinajstić information content (AvgIpc) is 3.09. The summed E-state index contributed by atoms with van der Waals surface area (Å²) in [5, 5.41) is 4.35. The summed E-state index contributed by atoms with van der Waals surface area (Å²) in [5.74, 6) is 1.60. The van der Waals surface area contributed by atoms with Gasteiger partial charge in [0.1, 0.15) is 17.7 Å². The Kier molecular flexibility index (Phi) is 4.38. The standard InChI is InChI=1S/C19H23N5O/c1-13-22-17(10-19(20-2)23-13)18-12-24(7-8-25-18)11-14-3-4-16-15(9-14)5-6-21-16/h3-6,9-10,18,21H,7-8,11-12H2,1-2H3,(H,20,22,23)/t18-/m0/s1. The van der Waals surface area contributed by atoms with Crippen LogP contribution in [0.1, 0.15) is 23.2 Å². The lowest BCUT2D eigenvalue weighted by Gasteiger charge is -2.32. The summed E-state index contributed by atoms with van der Waals surface area (Å²) < 4.78 is 5.98. The van der Waals surface area contributed by atoms with E-state index in [1.54, 1.807) is 0 Å². The van der Waals surface area contributed by atoms with Crippen molar-refractivity contribution in [1.29, 1.82) is 0 Å². The SMILES string of the molecule is CNc1cc([C@@H]2CN(Cc3ccc4[nH]ccc4c3)CCO2)nc(C)n1. The highest BCUT2D eigenvalue weighted by molar-refractivity contribution is 5.79. The van der Waals surface area contributed by atoms with Crippen molar-refractivity contribution in [2.75, 3.05) is 32.1 Å². The Morgan fingerprint density at radius 1 is 1.28 bits per heavy atom. The largest absolute Gasteiger partial charge is 0.373 e. The molecule has 1 atom stereocenters. The van der Waals surface area contributed by atoms with Crippen LogP contribution in [-0.2, 0) is 11.3 Å². The number of hydrogen-bond donors (Lipinski definition) is 2. The number of fused-ring (bicyclic) bond motifs is 1. The molecule has 3 heterocycles. The van der Waals surface area contributed by atoms with E-state index >= 15 is 0 Å². The van der Waals surface area contributed by atoms with Gasteiger partial charge in [-0.1, -0.05) is 6.07 Å². The van der Waals surface area contributed by atoms with Gasteiger partial charge in [-0.15, -0.1) is 0 Å². The Hall–Kier alpha value is -2.44. The molecule has 25 heavy (non-hydrogen) atoms. The number of aromatic amines is 1. The van der Waals surface area contributed by atoms with E-state index in [0.29, 0.717) is 0 Å². The molecule has 2 aromatic heterocycles. The quantitative estimate of drug-likeness (QED) is 0.766. The first-order valence-electron chi connectivity index (χ1n) is 8.64. The van der Waals surface area contributed by atoms with E-state index < -0.39 is 0 Å². The average molecular weight is 337 g/mol. The number of anilines is 1. The van der Waals surface area contributed by atoms with E-state index in [9.17, 15) is 0 Å². The van der Waals surface area contributed by atoms with Crippen LogP contribution in [0.3, 0.4) is 0 Å². The summed E-state index contributed by atoms with van der Waals surface area (Å²) in [6.07, 6.45) is 1.97. The fraction of sp³-hybridized carbons (Fsp3) is 0.368. The van der Waals surface area contributed by atoms with Gasteiger partial charge in [0, 0.05) is 44.5 Å². The van der Waals surface area contributed by atoms with Crippen LogP contribution in [-0.4, -0.2) is 46.6 Å². The molecule has 2 N–H and O–H groups in total. The maximum absolute atomic E-state index is 5.98. The second kappa shape index (κ2) is 6.82. The third kappa shape index (κ3) is 3.50. The third-order valence-corrected chi connectivity index (χ3v) is 4.62. The number of nitrogens with zero attached hydrogens (tertiary/aromatic N) is 3. The van der Waals surface area contributed by atoms with E-state index in [4.69, 9.17) is 4.74 Å². The highest BCUT2D eigenvalue weighted by atomic mass is 16.5. The van der Waals surface area contributed by atoms with Crippen molar-refractivity contribution in [2.24, 2.45) is 0 Å². The van der Waals surface area contributed by atoms with Gasteiger partial charge in [-0.05, 0) is 36.1 Å². The van der Waals surface area contributed by atoms with E-state index in [0.717, 1.165) is 43.6 Å². The Morgan fingerprint density at radius 2 is 2.20 bits per heavy atom. The predicted molar refractivity (Wildman–Crippen MR) is 98.6 cm³/mol. The van der Waals surface area contributed by atoms with Crippen molar-refractivity contribution < 1.29 is 4.74 Å². The van der Waals surface area contributed by atoms with E-state index in [2.05, 4.69) is 49.4 Å². The summed E-state index contributed by atoms with van der Waals surface area (Å²) in [6, 6.07) is 10.7. The number of H-pyrrole nitrogens is 1. The third-order valence-electron chi connectivity index (χ3n) is 4.62. The summed E-state index contributed by atoms with van der Waals surface area (Å²) >= 11 is 0. The molecule has 1 saturated heterocycles. The smallest absolute Gasteiger partial charge is 0.129 e. The normalized spacial score (nSPS) is 18.6. The van der Waals surface area contributed by atoms with Crippen molar-refractivity contribution in [3.8, 4) is 0 Å². The number of aryl methyl sites for hydroxylation is 1. The number of benzene rings is 1. The van der Waals surface area contributed by atoms with Crippen molar-refractivity contribution >= 4 is 16.7 Å². The topological polar surface area (TPSA) is 66.1 Å². The van der Waals surface area contributed by atoms with Crippen molar-refractivity contribution in [2.45, 2.75) is 19.6 Å². The lowest BCUT2D eigenvalue weighted by Crippen LogP contribution is -2.38. The summed E-state index contributed by atoms with van der Waals surface area (Å²) in [7, 11) is 1.87. The second-order valence-corrected chi connectivity index (χ2v) is 6.47. The number of morpholine rings is 1. The van der Waals surface area contributed by atoms with Crippen LogP contribution >= 0.6 is 0 Å². The first-order valence-corrected chi connectivity index (χ1v) is 8.64. The molecule has 3 aromatic rings. The molecular formula is C19H23N5O. The molecule has 0 radical (unpaired) electrons. The highest BCUT2D eigenvalue weighted by Gasteiger charge is 2.24. The molecule has 0 saturated carbocycles. The van der Waals surface area contributed by atoms with Crippen molar-refractivity contribution in [3.05, 3.63) is 53.6 Å². The van der Waals surface area contributed by atoms with Crippen LogP contribution in [0.15, 0.2) is 36.5 Å². The van der Waals surface area contributed by atoms with Gasteiger partial charge in [-0.25, -0.2) is 9.97 Å². The van der Waals surface area contributed by atoms with E-state index in [1.807, 2.05) is 26.2 Å². The number of nitrogens with one attached hydrogen (secondary N) is 2. The van der Waals surface area contributed by atoms with Gasteiger partial charge >= 0.3 is 0 Å². The van der Waals surface area contributed by atoms with Crippen molar-refractivity contribution in [3.63, 3.8) is 0 Å². The highest BCUT2D eigenvalue weighted by Crippen LogP contribution is 2.24. The Labute approximate surface area is 147 Å². The molecule has 130 valence electrons. The molecule has 0 spiro atoms. The molecule has 0 amide bonds. The molecule has 1 aromatic carbocycles. The zero-order chi connectivity index (χ0) is 17.2. The van der Waals surface area contributed by atoms with Crippen LogP contribution in [0.25, 0.3) is 10.9 Å². The zero-order valence-corrected chi connectivity index (χ0v) is 14.6. The zero-order valence-electron chi connectivity index (χ0n) is 14.6. The molecule has 1 aliphatic rings. The van der Waals surface area contributed by atoms with Crippen LogP contribution in [0.2, 0.25) is 0 Å². The molecule has 4 rings (SSSR count). The van der Waals surface area contributed by atoms with Crippen LogP contribution in [0.5, 0.6) is 0 Å². The van der Waals surface area contributed by atoms with Gasteiger partial charge in [0.15, 0.2) is 0 Å². The van der Waals surface area contributed by atoms with Gasteiger partial charge in [-0.3, -0.25) is 4.90 Å². The molecule has 0 bridgehead atoms. The molecule has 0 aliphatic carbocycles. The van der Waals surface area contributed by atoms with E-state index in [1.165, 1.54) is 16.5 Å². The van der Waals surface area contributed by atoms with Crippen LogP contribution in [0, 0.1) is 6.92 Å². The molecule has 0 unspecified atom stereocenters. The van der Waals surface area contributed by atoms with Crippen LogP contribution < -0.4 is 5.32 Å². The molecule has 6 nitrogen and oxygen atoms in total. The van der Waals surface area contributed by atoms with Crippen LogP contribution in [0.4, 0.5) is 5.82 Å². The summed E-state index contributed by atoms with van der Waals surface area (Å²) in [4.78, 5) is 14.6. The van der Waals surface area contributed by atoms with Gasteiger partial charge in [0.05, 0.1) is 12.3 Å². The number of aromatic nitrogens is 3. The van der Waals surface area contributed by atoms with E-state index in [-0.39, 0.29) is 6.10 Å².